The van der Waals surface area contributed by atoms with Crippen LogP contribution in [-0.4, -0.2) is 37.0 Å². The van der Waals surface area contributed by atoms with Gasteiger partial charge in [-0.2, -0.15) is 0 Å². The highest BCUT2D eigenvalue weighted by molar-refractivity contribution is 6.62. The first-order valence-corrected chi connectivity index (χ1v) is 7.98. The van der Waals surface area contributed by atoms with E-state index in [-0.39, 0.29) is 12.1 Å². The zero-order valence-electron chi connectivity index (χ0n) is 14.4. The van der Waals surface area contributed by atoms with E-state index in [0.717, 1.165) is 0 Å². The largest absolute Gasteiger partial charge is 0.495 e. The highest BCUT2D eigenvalue weighted by Gasteiger charge is 2.40. The Morgan fingerprint density at radius 2 is 2.17 bits per heavy atom. The van der Waals surface area contributed by atoms with Gasteiger partial charge in [-0.15, -0.1) is 0 Å². The molecule has 0 saturated carbocycles. The van der Waals surface area contributed by atoms with Crippen molar-refractivity contribution in [1.82, 2.24) is 5.32 Å². The van der Waals surface area contributed by atoms with Gasteiger partial charge in [0.2, 0.25) is 0 Å². The van der Waals surface area contributed by atoms with Crippen LogP contribution in [0.4, 0.5) is 9.18 Å². The average molecular weight is 339 g/mol. The molecule has 1 aromatic carbocycles. The van der Waals surface area contributed by atoms with Crippen LogP contribution >= 0.6 is 0 Å². The van der Waals surface area contributed by atoms with Crippen LogP contribution < -0.4 is 15.5 Å². The lowest BCUT2D eigenvalue weighted by molar-refractivity contribution is 0.0520. The molecule has 1 amide bonds. The highest BCUT2D eigenvalue weighted by atomic mass is 19.1. The molecule has 0 aliphatic carbocycles. The molecule has 0 fully saturated rings. The maximum Gasteiger partial charge on any atom is 0.495 e. The molecule has 0 aromatic heterocycles. The zero-order valence-corrected chi connectivity index (χ0v) is 14.4. The summed E-state index contributed by atoms with van der Waals surface area (Å²) in [5.41, 5.74) is 0.00783. The van der Waals surface area contributed by atoms with Gasteiger partial charge in [0.15, 0.2) is 0 Å². The van der Waals surface area contributed by atoms with Crippen molar-refractivity contribution < 1.29 is 28.3 Å². The number of alkyl carbamates (subject to hydrolysis) is 1. The summed E-state index contributed by atoms with van der Waals surface area (Å²) in [6, 6.07) is 2.77. The monoisotopic (exact) mass is 339 g/mol. The first kappa shape index (κ1) is 18.5. The van der Waals surface area contributed by atoms with Crippen LogP contribution in [0.25, 0.3) is 0 Å². The van der Waals surface area contributed by atoms with Crippen molar-refractivity contribution in [3.63, 3.8) is 0 Å². The van der Waals surface area contributed by atoms with Crippen molar-refractivity contribution in [1.29, 1.82) is 0 Å². The van der Waals surface area contributed by atoms with Crippen molar-refractivity contribution in [3.05, 3.63) is 23.5 Å². The molecule has 1 aliphatic rings. The quantitative estimate of drug-likeness (QED) is 0.802. The Morgan fingerprint density at radius 1 is 1.46 bits per heavy atom. The maximum atomic E-state index is 14.2. The summed E-state index contributed by atoms with van der Waals surface area (Å²) in [4.78, 5) is 11.6. The van der Waals surface area contributed by atoms with Crippen molar-refractivity contribution >= 4 is 18.7 Å². The Balaban J connectivity index is 2.03. The molecule has 24 heavy (non-hydrogen) atoms. The summed E-state index contributed by atoms with van der Waals surface area (Å²) >= 11 is 0. The number of hydrogen-bond acceptors (Lipinski definition) is 5. The minimum Gasteiger partial charge on any atom is -0.494 e. The summed E-state index contributed by atoms with van der Waals surface area (Å²) in [6.45, 7) is 7.73. The lowest BCUT2D eigenvalue weighted by Gasteiger charge is -2.20. The third kappa shape index (κ3) is 4.39. The number of fused-ring (bicyclic) bond motifs is 1. The number of nitrogens with one attached hydrogen (secondary N) is 1. The molecule has 2 rings (SSSR count). The van der Waals surface area contributed by atoms with Gasteiger partial charge in [0, 0.05) is 17.6 Å². The van der Waals surface area contributed by atoms with Gasteiger partial charge < -0.3 is 24.5 Å². The van der Waals surface area contributed by atoms with E-state index in [2.05, 4.69) is 5.32 Å². The molecule has 8 heteroatoms. The number of ether oxygens (including phenoxy) is 2. The number of carbonyl (C=O) groups excluding carboxylic acids is 1. The number of rotatable bonds is 5. The van der Waals surface area contributed by atoms with E-state index >= 15 is 0 Å². The Hall–Kier alpha value is -1.80. The molecule has 0 spiro atoms. The molecule has 1 aromatic rings. The van der Waals surface area contributed by atoms with Gasteiger partial charge in [-0.05, 0) is 46.2 Å². The summed E-state index contributed by atoms with van der Waals surface area (Å²) < 4.78 is 30.2. The third-order valence-corrected chi connectivity index (χ3v) is 3.43. The van der Waals surface area contributed by atoms with Gasteiger partial charge >= 0.3 is 13.2 Å². The molecule has 0 unspecified atom stereocenters. The molecule has 0 saturated heterocycles. The molecule has 1 aliphatic heterocycles. The number of carbonyl (C=O) groups is 1. The fraction of sp³-hybridized carbons (Fsp3) is 0.562. The van der Waals surface area contributed by atoms with Crippen LogP contribution in [0, 0.1) is 5.82 Å². The lowest BCUT2D eigenvalue weighted by atomic mass is 9.78. The van der Waals surface area contributed by atoms with E-state index in [4.69, 9.17) is 14.1 Å². The van der Waals surface area contributed by atoms with E-state index in [1.54, 1.807) is 27.7 Å². The summed E-state index contributed by atoms with van der Waals surface area (Å²) in [5, 5.41) is 12.7. The Bertz CT molecular complexity index is 605. The standard InChI is InChI=1S/C16H23BFNO5/c1-5-22-12-7-6-10(18)13-11(24-17(21)14(12)13)8-9-19-15(20)23-16(2,3)4/h6-7,11,21H,5,8-9H2,1-4H3,(H,19,20)/t11-/m0/s1. The van der Waals surface area contributed by atoms with Crippen LogP contribution in [-0.2, 0) is 9.39 Å². The van der Waals surface area contributed by atoms with Gasteiger partial charge in [0.05, 0.1) is 12.7 Å². The van der Waals surface area contributed by atoms with Gasteiger partial charge in [0.1, 0.15) is 17.2 Å². The first-order chi connectivity index (χ1) is 11.2. The van der Waals surface area contributed by atoms with Crippen molar-refractivity contribution in [3.8, 4) is 5.75 Å². The van der Waals surface area contributed by atoms with E-state index in [9.17, 15) is 14.2 Å². The molecule has 132 valence electrons. The summed E-state index contributed by atoms with van der Waals surface area (Å²) in [5.74, 6) is -0.0590. The van der Waals surface area contributed by atoms with Crippen LogP contribution in [0.15, 0.2) is 12.1 Å². The summed E-state index contributed by atoms with van der Waals surface area (Å²) in [7, 11) is -1.25. The fourth-order valence-electron chi connectivity index (χ4n) is 2.58. The second-order valence-electron chi connectivity index (χ2n) is 6.50. The first-order valence-electron chi connectivity index (χ1n) is 7.98. The minimum absolute atomic E-state index is 0.226. The minimum atomic E-state index is -1.25. The van der Waals surface area contributed by atoms with Gasteiger partial charge in [-0.25, -0.2) is 9.18 Å². The SMILES string of the molecule is CCOc1ccc(F)c2c1B(O)O[C@H]2CCNC(=O)OC(C)(C)C. The Labute approximate surface area is 141 Å². The molecular formula is C16H23BFNO5. The molecule has 0 bridgehead atoms. The second kappa shape index (κ2) is 7.40. The maximum absolute atomic E-state index is 14.2. The zero-order chi connectivity index (χ0) is 17.9. The Morgan fingerprint density at radius 3 is 2.79 bits per heavy atom. The molecule has 0 radical (unpaired) electrons. The second-order valence-corrected chi connectivity index (χ2v) is 6.50. The predicted octanol–water partition coefficient (Wildman–Crippen LogP) is 1.90. The van der Waals surface area contributed by atoms with E-state index in [0.29, 0.717) is 24.2 Å². The average Bonchev–Trinajstić information content (AvgIpc) is 2.78. The molecule has 1 heterocycles. The van der Waals surface area contributed by atoms with Crippen molar-refractivity contribution in [2.75, 3.05) is 13.2 Å². The topological polar surface area (TPSA) is 77.0 Å². The third-order valence-electron chi connectivity index (χ3n) is 3.43. The normalized spacial score (nSPS) is 16.8. The van der Waals surface area contributed by atoms with Crippen LogP contribution in [0.5, 0.6) is 5.75 Å². The van der Waals surface area contributed by atoms with E-state index in [1.165, 1.54) is 12.1 Å². The summed E-state index contributed by atoms with van der Waals surface area (Å²) in [6.07, 6.45) is -0.911. The van der Waals surface area contributed by atoms with Crippen molar-refractivity contribution in [2.24, 2.45) is 0 Å². The highest BCUT2D eigenvalue weighted by Crippen LogP contribution is 2.32. The smallest absolute Gasteiger partial charge is 0.494 e. The van der Waals surface area contributed by atoms with Crippen LogP contribution in [0.2, 0.25) is 0 Å². The lowest BCUT2D eigenvalue weighted by Crippen LogP contribution is -2.33. The van der Waals surface area contributed by atoms with Crippen LogP contribution in [0.3, 0.4) is 0 Å². The number of amides is 1. The van der Waals surface area contributed by atoms with Gasteiger partial charge in [0.25, 0.3) is 0 Å². The molecular weight excluding hydrogens is 316 g/mol. The fourth-order valence-corrected chi connectivity index (χ4v) is 2.58. The van der Waals surface area contributed by atoms with Crippen molar-refractivity contribution in [2.45, 2.75) is 45.8 Å². The molecule has 6 nitrogen and oxygen atoms in total. The van der Waals surface area contributed by atoms with Crippen LogP contribution in [0.1, 0.15) is 45.8 Å². The van der Waals surface area contributed by atoms with E-state index < -0.39 is 30.7 Å². The number of hydrogen-bond donors (Lipinski definition) is 2. The van der Waals surface area contributed by atoms with E-state index in [1.807, 2.05) is 0 Å². The number of halogens is 1. The molecule has 1 atom stereocenters. The van der Waals surface area contributed by atoms with Gasteiger partial charge in [-0.1, -0.05) is 0 Å². The molecule has 2 N–H and O–H groups in total. The Kier molecular flexibility index (Phi) is 5.72. The van der Waals surface area contributed by atoms with Gasteiger partial charge in [-0.3, -0.25) is 0 Å². The number of benzene rings is 1. The predicted molar refractivity (Wildman–Crippen MR) is 87.9 cm³/mol.